The molecular formula is C14H15N5OS. The van der Waals surface area contributed by atoms with Crippen LogP contribution in [0, 0.1) is 17.2 Å². The zero-order chi connectivity index (χ0) is 15.2. The second-order valence-electron chi connectivity index (χ2n) is 4.66. The van der Waals surface area contributed by atoms with Crippen LogP contribution in [0.1, 0.15) is 24.9 Å². The number of hydrogen-bond acceptors (Lipinski definition) is 6. The smallest absolute Gasteiger partial charge is 0.223 e. The first-order chi connectivity index (χ1) is 10.1. The normalized spacial score (nSPS) is 11.7. The van der Waals surface area contributed by atoms with Gasteiger partial charge in [-0.15, -0.1) is 10.2 Å². The first kappa shape index (κ1) is 14.9. The molecular weight excluding hydrogens is 286 g/mol. The molecule has 108 valence electrons. The number of carbonyl (C=O) groups is 1. The van der Waals surface area contributed by atoms with Crippen molar-refractivity contribution in [1.82, 2.24) is 15.5 Å². The van der Waals surface area contributed by atoms with Gasteiger partial charge in [-0.1, -0.05) is 43.4 Å². The molecule has 2 N–H and O–H groups in total. The number of nitrogens with one attached hydrogen (secondary N) is 2. The van der Waals surface area contributed by atoms with E-state index < -0.39 is 6.04 Å². The van der Waals surface area contributed by atoms with Crippen LogP contribution in [0.15, 0.2) is 30.3 Å². The van der Waals surface area contributed by atoms with Crippen molar-refractivity contribution in [3.05, 3.63) is 35.3 Å². The number of nitriles is 1. The van der Waals surface area contributed by atoms with Crippen molar-refractivity contribution in [1.29, 1.82) is 5.26 Å². The van der Waals surface area contributed by atoms with E-state index in [2.05, 4.69) is 20.8 Å². The van der Waals surface area contributed by atoms with E-state index in [4.69, 9.17) is 5.26 Å². The highest BCUT2D eigenvalue weighted by atomic mass is 32.1. The molecule has 1 atom stereocenters. The monoisotopic (exact) mass is 301 g/mol. The minimum atomic E-state index is -0.774. The van der Waals surface area contributed by atoms with Gasteiger partial charge < -0.3 is 10.6 Å². The van der Waals surface area contributed by atoms with Crippen LogP contribution >= 0.6 is 11.3 Å². The summed E-state index contributed by atoms with van der Waals surface area (Å²) in [7, 11) is 0. The molecule has 0 radical (unpaired) electrons. The van der Waals surface area contributed by atoms with Crippen LogP contribution in [0.25, 0.3) is 0 Å². The largest absolute Gasteiger partial charge is 0.334 e. The van der Waals surface area contributed by atoms with Crippen molar-refractivity contribution in [2.45, 2.75) is 19.9 Å². The summed E-state index contributed by atoms with van der Waals surface area (Å²) >= 11 is 1.24. The minimum absolute atomic E-state index is 0.185. The Balaban J connectivity index is 2.07. The molecule has 1 aromatic carbocycles. The van der Waals surface area contributed by atoms with Gasteiger partial charge in [-0.05, 0) is 12.1 Å². The van der Waals surface area contributed by atoms with Gasteiger partial charge in [0.05, 0.1) is 6.07 Å². The molecule has 1 heterocycles. The van der Waals surface area contributed by atoms with Crippen LogP contribution in [0.4, 0.5) is 10.8 Å². The van der Waals surface area contributed by atoms with Gasteiger partial charge in [0.1, 0.15) is 0 Å². The molecule has 1 amide bonds. The van der Waals surface area contributed by atoms with E-state index in [1.807, 2.05) is 36.4 Å². The molecule has 0 fully saturated rings. The fourth-order valence-corrected chi connectivity index (χ4v) is 2.26. The van der Waals surface area contributed by atoms with E-state index in [-0.39, 0.29) is 11.8 Å². The maximum Gasteiger partial charge on any atom is 0.223 e. The van der Waals surface area contributed by atoms with E-state index in [0.29, 0.717) is 10.1 Å². The van der Waals surface area contributed by atoms with Crippen LogP contribution in [0.5, 0.6) is 0 Å². The highest BCUT2D eigenvalue weighted by Gasteiger charge is 2.20. The Morgan fingerprint density at radius 3 is 2.62 bits per heavy atom. The molecule has 0 bridgehead atoms. The average molecular weight is 301 g/mol. The third-order valence-corrected chi connectivity index (χ3v) is 3.56. The quantitative estimate of drug-likeness (QED) is 0.886. The number of rotatable bonds is 5. The summed E-state index contributed by atoms with van der Waals surface area (Å²) in [6, 6.07) is 10.8. The Morgan fingerprint density at radius 1 is 1.29 bits per heavy atom. The van der Waals surface area contributed by atoms with Crippen molar-refractivity contribution < 1.29 is 4.79 Å². The highest BCUT2D eigenvalue weighted by molar-refractivity contribution is 7.15. The van der Waals surface area contributed by atoms with Gasteiger partial charge in [0.2, 0.25) is 11.0 Å². The second kappa shape index (κ2) is 6.81. The summed E-state index contributed by atoms with van der Waals surface area (Å²) in [5, 5.41) is 23.9. The number of amides is 1. The summed E-state index contributed by atoms with van der Waals surface area (Å²) < 4.78 is 0. The number of hydrogen-bond donors (Lipinski definition) is 2. The molecule has 21 heavy (non-hydrogen) atoms. The molecule has 0 spiro atoms. The summed E-state index contributed by atoms with van der Waals surface area (Å²) in [6.45, 7) is 3.54. The summed E-state index contributed by atoms with van der Waals surface area (Å²) in [4.78, 5) is 11.7. The lowest BCUT2D eigenvalue weighted by molar-refractivity contribution is -0.124. The van der Waals surface area contributed by atoms with E-state index in [1.165, 1.54) is 11.3 Å². The Hall–Kier alpha value is -2.46. The third kappa shape index (κ3) is 4.00. The maximum absolute atomic E-state index is 11.7. The fourth-order valence-electron chi connectivity index (χ4n) is 1.50. The van der Waals surface area contributed by atoms with E-state index >= 15 is 0 Å². The number of nitrogens with zero attached hydrogens (tertiary/aromatic N) is 3. The number of benzene rings is 1. The van der Waals surface area contributed by atoms with Gasteiger partial charge >= 0.3 is 0 Å². The predicted molar refractivity (Wildman–Crippen MR) is 81.0 cm³/mol. The van der Waals surface area contributed by atoms with Crippen molar-refractivity contribution in [3.63, 3.8) is 0 Å². The number of anilines is 2. The Morgan fingerprint density at radius 2 is 2.00 bits per heavy atom. The van der Waals surface area contributed by atoms with E-state index in [0.717, 1.165) is 5.69 Å². The lowest BCUT2D eigenvalue weighted by Gasteiger charge is -2.10. The zero-order valence-corrected chi connectivity index (χ0v) is 12.5. The van der Waals surface area contributed by atoms with E-state index in [9.17, 15) is 4.79 Å². The first-order valence-corrected chi connectivity index (χ1v) is 7.27. The van der Waals surface area contributed by atoms with Crippen molar-refractivity contribution in [2.75, 3.05) is 5.32 Å². The predicted octanol–water partition coefficient (Wildman–Crippen LogP) is 2.62. The van der Waals surface area contributed by atoms with Crippen molar-refractivity contribution in [2.24, 2.45) is 5.92 Å². The van der Waals surface area contributed by atoms with E-state index in [1.54, 1.807) is 13.8 Å². The average Bonchev–Trinajstić information content (AvgIpc) is 2.93. The Kier molecular flexibility index (Phi) is 4.85. The van der Waals surface area contributed by atoms with Gasteiger partial charge in [-0.25, -0.2) is 0 Å². The molecule has 2 aromatic rings. The van der Waals surface area contributed by atoms with Crippen LogP contribution in [-0.2, 0) is 4.79 Å². The number of carbonyl (C=O) groups excluding carboxylic acids is 1. The van der Waals surface area contributed by atoms with Crippen molar-refractivity contribution >= 4 is 28.1 Å². The van der Waals surface area contributed by atoms with Gasteiger partial charge in [0.15, 0.2) is 11.0 Å². The standard InChI is InChI=1S/C14H15N5OS/c1-9(2)12(20)17-11(8-15)13-18-19-14(21-13)16-10-6-4-3-5-7-10/h3-7,9,11H,1-2H3,(H,16,19)(H,17,20). The molecule has 1 unspecified atom stereocenters. The molecule has 0 saturated heterocycles. The zero-order valence-electron chi connectivity index (χ0n) is 11.7. The molecule has 0 saturated carbocycles. The molecule has 0 aliphatic heterocycles. The molecule has 0 aliphatic carbocycles. The molecule has 6 nitrogen and oxygen atoms in total. The van der Waals surface area contributed by atoms with Gasteiger partial charge in [-0.2, -0.15) is 5.26 Å². The Bertz CT molecular complexity index is 647. The SMILES string of the molecule is CC(C)C(=O)NC(C#N)c1nnc(Nc2ccccc2)s1. The first-order valence-electron chi connectivity index (χ1n) is 6.45. The van der Waals surface area contributed by atoms with Gasteiger partial charge in [0, 0.05) is 11.6 Å². The Labute approximate surface area is 126 Å². The molecule has 0 aliphatic rings. The minimum Gasteiger partial charge on any atom is -0.334 e. The van der Waals surface area contributed by atoms with Crippen LogP contribution in [0.3, 0.4) is 0 Å². The summed E-state index contributed by atoms with van der Waals surface area (Å²) in [5.74, 6) is -0.370. The number of aromatic nitrogens is 2. The molecule has 1 aromatic heterocycles. The van der Waals surface area contributed by atoms with Gasteiger partial charge in [-0.3, -0.25) is 4.79 Å². The van der Waals surface area contributed by atoms with Crippen LogP contribution < -0.4 is 10.6 Å². The van der Waals surface area contributed by atoms with Crippen LogP contribution in [0.2, 0.25) is 0 Å². The molecule has 2 rings (SSSR count). The van der Waals surface area contributed by atoms with Gasteiger partial charge in [0.25, 0.3) is 0 Å². The number of para-hydroxylation sites is 1. The fraction of sp³-hybridized carbons (Fsp3) is 0.286. The maximum atomic E-state index is 11.7. The van der Waals surface area contributed by atoms with Crippen LogP contribution in [-0.4, -0.2) is 16.1 Å². The third-order valence-electron chi connectivity index (χ3n) is 2.65. The summed E-state index contributed by atoms with van der Waals surface area (Å²) in [5.41, 5.74) is 0.889. The summed E-state index contributed by atoms with van der Waals surface area (Å²) in [6.07, 6.45) is 0. The lowest BCUT2D eigenvalue weighted by Crippen LogP contribution is -2.31. The highest BCUT2D eigenvalue weighted by Crippen LogP contribution is 2.24. The lowest BCUT2D eigenvalue weighted by atomic mass is 10.2. The topological polar surface area (TPSA) is 90.7 Å². The molecule has 7 heteroatoms. The second-order valence-corrected chi connectivity index (χ2v) is 5.67. The van der Waals surface area contributed by atoms with Crippen molar-refractivity contribution in [3.8, 4) is 6.07 Å².